The topological polar surface area (TPSA) is 38.3 Å². The molecule has 0 unspecified atom stereocenters. The molecule has 122 valence electrons. The Hall–Kier alpha value is -0.450. The lowest BCUT2D eigenvalue weighted by Gasteiger charge is -2.63. The third-order valence-corrected chi connectivity index (χ3v) is 6.50. The van der Waals surface area contributed by atoms with E-state index in [-0.39, 0.29) is 27.8 Å². The molecule has 4 aliphatic rings. The lowest BCUT2D eigenvalue weighted by atomic mass is 9.43. The van der Waals surface area contributed by atoms with Crippen LogP contribution in [0.1, 0.15) is 44.9 Å². The minimum absolute atomic E-state index is 0. The predicted octanol–water partition coefficient (Wildman–Crippen LogP) is 3.35. The molecule has 1 saturated heterocycles. The fraction of sp³-hybridized carbons (Fsp3) is 0.722. The van der Waals surface area contributed by atoms with E-state index in [2.05, 4.69) is 17.5 Å². The van der Waals surface area contributed by atoms with Crippen LogP contribution in [0.2, 0.25) is 0 Å². The van der Waals surface area contributed by atoms with Gasteiger partial charge < -0.3 is 10.1 Å². The Morgan fingerprint density at radius 1 is 1.36 bits per heavy atom. The summed E-state index contributed by atoms with van der Waals surface area (Å²) in [6.07, 6.45) is 11.8. The maximum Gasteiger partial charge on any atom is 0.144 e. The first-order chi connectivity index (χ1) is 10.2. The third kappa shape index (κ3) is 1.90. The van der Waals surface area contributed by atoms with E-state index < -0.39 is 0 Å². The number of rotatable bonds is 2. The first-order valence-corrected chi connectivity index (χ1v) is 8.39. The van der Waals surface area contributed by atoms with Gasteiger partial charge in [-0.3, -0.25) is 4.79 Å². The van der Waals surface area contributed by atoms with Crippen LogP contribution in [-0.2, 0) is 9.53 Å². The first kappa shape index (κ1) is 16.4. The van der Waals surface area contributed by atoms with Gasteiger partial charge in [-0.25, -0.2) is 0 Å². The van der Waals surface area contributed by atoms with Crippen molar-refractivity contribution >= 4 is 22.8 Å². The lowest BCUT2D eigenvalue weighted by molar-refractivity contribution is -0.154. The SMILES string of the molecule is Br.COC[C@@]12CCCC(=O)[C@@]13CCN[C@@H]2CC1=C3C=CCC1. The van der Waals surface area contributed by atoms with Crippen LogP contribution in [0.15, 0.2) is 23.3 Å². The van der Waals surface area contributed by atoms with E-state index in [9.17, 15) is 4.79 Å². The van der Waals surface area contributed by atoms with Gasteiger partial charge in [0, 0.05) is 25.0 Å². The Kier molecular flexibility index (Phi) is 4.39. The summed E-state index contributed by atoms with van der Waals surface area (Å²) in [4.78, 5) is 13.1. The number of carbonyl (C=O) groups excluding carboxylic acids is 1. The van der Waals surface area contributed by atoms with Crippen molar-refractivity contribution in [2.24, 2.45) is 10.8 Å². The highest BCUT2D eigenvalue weighted by molar-refractivity contribution is 8.93. The minimum atomic E-state index is -0.262. The second kappa shape index (κ2) is 5.88. The van der Waals surface area contributed by atoms with E-state index in [0.29, 0.717) is 18.4 Å². The van der Waals surface area contributed by atoms with E-state index >= 15 is 0 Å². The van der Waals surface area contributed by atoms with Gasteiger partial charge in [0.05, 0.1) is 12.0 Å². The van der Waals surface area contributed by atoms with E-state index in [1.54, 1.807) is 7.11 Å². The molecule has 1 saturated carbocycles. The van der Waals surface area contributed by atoms with Crippen molar-refractivity contribution in [1.29, 1.82) is 0 Å². The summed E-state index contributed by atoms with van der Waals surface area (Å²) in [6, 6.07) is 0.417. The standard InChI is InChI=1S/C18H25NO2.BrH/c1-21-12-17-8-4-7-16(20)18(17)9-10-19-15(17)11-13-5-2-3-6-14(13)18;/h3,6,15,19H,2,4-5,7-12H2,1H3;1H/t15-,17-,18+;/m1./s1. The van der Waals surface area contributed by atoms with Gasteiger partial charge >= 0.3 is 0 Å². The van der Waals surface area contributed by atoms with Crippen LogP contribution in [0.25, 0.3) is 0 Å². The summed E-state index contributed by atoms with van der Waals surface area (Å²) in [5, 5.41) is 3.73. The molecule has 0 aromatic carbocycles. The maximum absolute atomic E-state index is 13.1. The van der Waals surface area contributed by atoms with Crippen molar-refractivity contribution in [2.75, 3.05) is 20.3 Å². The molecule has 1 heterocycles. The fourth-order valence-electron chi connectivity index (χ4n) is 5.75. The molecule has 0 radical (unpaired) electrons. The summed E-state index contributed by atoms with van der Waals surface area (Å²) < 4.78 is 5.66. The number of hydrogen-bond donors (Lipinski definition) is 1. The Bertz CT molecular complexity index is 537. The Labute approximate surface area is 143 Å². The van der Waals surface area contributed by atoms with Crippen LogP contribution in [0, 0.1) is 10.8 Å². The maximum atomic E-state index is 13.1. The molecule has 3 nitrogen and oxygen atoms in total. The van der Waals surface area contributed by atoms with E-state index in [1.165, 1.54) is 11.1 Å². The van der Waals surface area contributed by atoms with Crippen molar-refractivity contribution < 1.29 is 9.53 Å². The normalized spacial score (nSPS) is 39.9. The molecule has 0 aromatic heterocycles. The van der Waals surface area contributed by atoms with E-state index in [4.69, 9.17) is 4.74 Å². The molecule has 0 amide bonds. The van der Waals surface area contributed by atoms with Crippen LogP contribution in [0.4, 0.5) is 0 Å². The molecule has 0 spiro atoms. The number of piperidine rings is 1. The van der Waals surface area contributed by atoms with Gasteiger partial charge in [-0.1, -0.05) is 17.7 Å². The van der Waals surface area contributed by atoms with Crippen LogP contribution < -0.4 is 5.32 Å². The Morgan fingerprint density at radius 3 is 3.05 bits per heavy atom. The van der Waals surface area contributed by atoms with Crippen molar-refractivity contribution in [3.63, 3.8) is 0 Å². The number of ether oxygens (including phenoxy) is 1. The Morgan fingerprint density at radius 2 is 2.23 bits per heavy atom. The number of hydrogen-bond acceptors (Lipinski definition) is 3. The molecule has 3 atom stereocenters. The second-order valence-corrected chi connectivity index (χ2v) is 7.19. The molecular weight excluding hydrogens is 342 g/mol. The minimum Gasteiger partial charge on any atom is -0.384 e. The van der Waals surface area contributed by atoms with Gasteiger partial charge in [-0.05, 0) is 50.6 Å². The zero-order valence-electron chi connectivity index (χ0n) is 13.3. The number of nitrogens with one attached hydrogen (secondary N) is 1. The number of ketones is 1. The summed E-state index contributed by atoms with van der Waals surface area (Å²) in [7, 11) is 1.79. The molecule has 0 aromatic rings. The average Bonchev–Trinajstić information content (AvgIpc) is 2.48. The summed E-state index contributed by atoms with van der Waals surface area (Å²) in [6.45, 7) is 1.67. The quantitative estimate of drug-likeness (QED) is 0.813. The van der Waals surface area contributed by atoms with E-state index in [0.717, 1.165) is 51.5 Å². The molecule has 1 N–H and O–H groups in total. The zero-order valence-corrected chi connectivity index (χ0v) is 15.0. The highest BCUT2D eigenvalue weighted by Gasteiger charge is 2.65. The van der Waals surface area contributed by atoms with Gasteiger partial charge in [-0.2, -0.15) is 0 Å². The van der Waals surface area contributed by atoms with Crippen LogP contribution in [0.5, 0.6) is 0 Å². The molecule has 22 heavy (non-hydrogen) atoms. The van der Waals surface area contributed by atoms with Crippen LogP contribution in [0.3, 0.4) is 0 Å². The summed E-state index contributed by atoms with van der Waals surface area (Å²) in [5.41, 5.74) is 2.64. The largest absolute Gasteiger partial charge is 0.384 e. The predicted molar refractivity (Wildman–Crippen MR) is 92.3 cm³/mol. The van der Waals surface area contributed by atoms with Crippen LogP contribution >= 0.6 is 17.0 Å². The van der Waals surface area contributed by atoms with Gasteiger partial charge in [0.1, 0.15) is 5.78 Å². The van der Waals surface area contributed by atoms with Crippen molar-refractivity contribution in [1.82, 2.24) is 5.32 Å². The summed E-state index contributed by atoms with van der Waals surface area (Å²) >= 11 is 0. The fourth-order valence-corrected chi connectivity index (χ4v) is 5.75. The van der Waals surface area contributed by atoms with Gasteiger partial charge in [0.25, 0.3) is 0 Å². The lowest BCUT2D eigenvalue weighted by Crippen LogP contribution is -2.69. The van der Waals surface area contributed by atoms with Crippen molar-refractivity contribution in [2.45, 2.75) is 51.0 Å². The molecule has 2 fully saturated rings. The number of allylic oxidation sites excluding steroid dienone is 3. The van der Waals surface area contributed by atoms with Crippen molar-refractivity contribution in [3.8, 4) is 0 Å². The van der Waals surface area contributed by atoms with E-state index in [1.807, 2.05) is 0 Å². The van der Waals surface area contributed by atoms with Crippen molar-refractivity contribution in [3.05, 3.63) is 23.3 Å². The smallest absolute Gasteiger partial charge is 0.144 e. The molecule has 4 rings (SSSR count). The molecule has 4 heteroatoms. The number of methoxy groups -OCH3 is 1. The molecule has 3 aliphatic carbocycles. The highest BCUT2D eigenvalue weighted by Crippen LogP contribution is 2.63. The first-order valence-electron chi connectivity index (χ1n) is 8.39. The monoisotopic (exact) mass is 367 g/mol. The summed E-state index contributed by atoms with van der Waals surface area (Å²) in [5.74, 6) is 0.482. The molecule has 2 bridgehead atoms. The molecular formula is C18H26BrNO2. The second-order valence-electron chi connectivity index (χ2n) is 7.19. The van der Waals surface area contributed by atoms with Gasteiger partial charge in [0.2, 0.25) is 0 Å². The average molecular weight is 368 g/mol. The number of halogens is 1. The zero-order chi connectivity index (χ0) is 14.5. The third-order valence-electron chi connectivity index (χ3n) is 6.50. The Balaban J connectivity index is 0.00000144. The van der Waals surface area contributed by atoms with Gasteiger partial charge in [0.15, 0.2) is 0 Å². The molecule has 1 aliphatic heterocycles. The number of Topliss-reactive ketones (excluding diaryl/α,β-unsaturated/α-hetero) is 1. The number of carbonyl (C=O) groups is 1. The van der Waals surface area contributed by atoms with Crippen LogP contribution in [-0.4, -0.2) is 32.1 Å². The van der Waals surface area contributed by atoms with Gasteiger partial charge in [-0.15, -0.1) is 17.0 Å². The highest BCUT2D eigenvalue weighted by atomic mass is 79.9.